The number of methoxy groups -OCH3 is 1. The molecule has 1 unspecified atom stereocenters. The van der Waals surface area contributed by atoms with Crippen molar-refractivity contribution in [2.45, 2.75) is 12.5 Å². The van der Waals surface area contributed by atoms with E-state index < -0.39 is 40.4 Å². The molecule has 3 rings (SSSR count). The minimum atomic E-state index is -1.05. The first-order chi connectivity index (χ1) is 15.8. The van der Waals surface area contributed by atoms with Gasteiger partial charge in [-0.15, -0.1) is 0 Å². The number of esters is 2. The molecule has 3 aromatic rings. The largest absolute Gasteiger partial charge is 0.505 e. The fourth-order valence-electron chi connectivity index (χ4n) is 3.01. The van der Waals surface area contributed by atoms with E-state index in [0.29, 0.717) is 0 Å². The third-order valence-corrected chi connectivity index (χ3v) is 5.31. The van der Waals surface area contributed by atoms with Crippen LogP contribution >= 0.6 is 23.2 Å². The molecule has 1 amide bonds. The van der Waals surface area contributed by atoms with Gasteiger partial charge in [0.2, 0.25) is 0 Å². The van der Waals surface area contributed by atoms with E-state index in [-0.39, 0.29) is 22.6 Å². The monoisotopic (exact) mass is 487 g/mol. The van der Waals surface area contributed by atoms with Crippen molar-refractivity contribution in [3.63, 3.8) is 0 Å². The Hall–Kier alpha value is -3.55. The van der Waals surface area contributed by atoms with Crippen molar-refractivity contribution < 1.29 is 29.0 Å². The highest BCUT2D eigenvalue weighted by Crippen LogP contribution is 2.42. The Bertz CT molecular complexity index is 1170. The summed E-state index contributed by atoms with van der Waals surface area (Å²) in [5, 5.41) is 12.0. The average Bonchev–Trinajstić information content (AvgIpc) is 2.84. The van der Waals surface area contributed by atoms with Crippen LogP contribution in [0.15, 0.2) is 66.7 Å². The summed E-state index contributed by atoms with van der Waals surface area (Å²) in [5.41, 5.74) is 0.741. The molecule has 0 saturated carbocycles. The SMILES string of the molecule is COC(=O)C(Cc1ccccc1)NC(=O)c1cc(Cl)c(O)c(Cl)c1OC(=O)c1ccccc1. The molecular weight excluding hydrogens is 469 g/mol. The number of ether oxygens (including phenoxy) is 2. The Balaban J connectivity index is 1.93. The van der Waals surface area contributed by atoms with E-state index >= 15 is 0 Å². The number of phenols is 1. The third kappa shape index (κ3) is 5.83. The second-order valence-corrected chi connectivity index (χ2v) is 7.68. The first-order valence-electron chi connectivity index (χ1n) is 9.72. The van der Waals surface area contributed by atoms with E-state index in [4.69, 9.17) is 32.7 Å². The lowest BCUT2D eigenvalue weighted by Gasteiger charge is -2.19. The van der Waals surface area contributed by atoms with Crippen molar-refractivity contribution in [1.82, 2.24) is 5.32 Å². The van der Waals surface area contributed by atoms with Crippen molar-refractivity contribution in [3.05, 3.63) is 93.5 Å². The number of phenolic OH excluding ortho intramolecular Hbond substituents is 1. The molecule has 0 aliphatic carbocycles. The predicted octanol–water partition coefficient (Wildman–Crippen LogP) is 4.43. The summed E-state index contributed by atoms with van der Waals surface area (Å²) in [5.74, 6) is -3.23. The molecule has 9 heteroatoms. The fourth-order valence-corrected chi connectivity index (χ4v) is 3.50. The van der Waals surface area contributed by atoms with Crippen LogP contribution in [-0.2, 0) is 16.0 Å². The van der Waals surface area contributed by atoms with Crippen LogP contribution in [0.4, 0.5) is 0 Å². The molecule has 3 aromatic carbocycles. The number of nitrogens with one attached hydrogen (secondary N) is 1. The number of halogens is 2. The number of carbonyl (C=O) groups excluding carboxylic acids is 3. The fraction of sp³-hybridized carbons (Fsp3) is 0.125. The van der Waals surface area contributed by atoms with Gasteiger partial charge in [0.15, 0.2) is 11.5 Å². The highest BCUT2D eigenvalue weighted by molar-refractivity contribution is 6.39. The van der Waals surface area contributed by atoms with Crippen LogP contribution in [-0.4, -0.2) is 36.1 Å². The standard InChI is InChI=1S/C24H19Cl2NO6/c1-32-24(31)18(12-14-8-4-2-5-9-14)27-22(29)16-13-17(25)20(28)19(26)21(16)33-23(30)15-10-6-3-7-11-15/h2-11,13,18,28H,12H2,1H3,(H,27,29). The van der Waals surface area contributed by atoms with Gasteiger partial charge in [-0.25, -0.2) is 9.59 Å². The molecule has 0 fully saturated rings. The van der Waals surface area contributed by atoms with Crippen molar-refractivity contribution in [3.8, 4) is 11.5 Å². The molecular formula is C24H19Cl2NO6. The van der Waals surface area contributed by atoms with Gasteiger partial charge in [-0.2, -0.15) is 0 Å². The van der Waals surface area contributed by atoms with E-state index in [9.17, 15) is 19.5 Å². The Morgan fingerprint density at radius 1 is 1.00 bits per heavy atom. The van der Waals surface area contributed by atoms with Gasteiger partial charge in [0.1, 0.15) is 11.1 Å². The highest BCUT2D eigenvalue weighted by atomic mass is 35.5. The zero-order valence-electron chi connectivity index (χ0n) is 17.4. The van der Waals surface area contributed by atoms with Gasteiger partial charge in [0, 0.05) is 6.42 Å². The van der Waals surface area contributed by atoms with Crippen LogP contribution < -0.4 is 10.1 Å². The van der Waals surface area contributed by atoms with Gasteiger partial charge < -0.3 is 19.9 Å². The molecule has 0 aliphatic rings. The van der Waals surface area contributed by atoms with Gasteiger partial charge >= 0.3 is 11.9 Å². The molecule has 33 heavy (non-hydrogen) atoms. The number of carbonyl (C=O) groups is 3. The number of hydrogen-bond acceptors (Lipinski definition) is 6. The number of amides is 1. The number of aromatic hydroxyl groups is 1. The van der Waals surface area contributed by atoms with Crippen molar-refractivity contribution in [1.29, 1.82) is 0 Å². The van der Waals surface area contributed by atoms with E-state index in [1.54, 1.807) is 42.5 Å². The van der Waals surface area contributed by atoms with Gasteiger partial charge in [0.25, 0.3) is 5.91 Å². The summed E-state index contributed by atoms with van der Waals surface area (Å²) in [6.45, 7) is 0. The van der Waals surface area contributed by atoms with Crippen molar-refractivity contribution in [2.75, 3.05) is 7.11 Å². The maximum absolute atomic E-state index is 13.1. The minimum Gasteiger partial charge on any atom is -0.505 e. The Morgan fingerprint density at radius 3 is 2.21 bits per heavy atom. The van der Waals surface area contributed by atoms with E-state index in [0.717, 1.165) is 11.6 Å². The van der Waals surface area contributed by atoms with Crippen LogP contribution in [0, 0.1) is 0 Å². The summed E-state index contributed by atoms with van der Waals surface area (Å²) < 4.78 is 10.1. The molecule has 0 spiro atoms. The van der Waals surface area contributed by atoms with Gasteiger partial charge in [-0.05, 0) is 23.8 Å². The average molecular weight is 488 g/mol. The minimum absolute atomic E-state index is 0.151. The smallest absolute Gasteiger partial charge is 0.343 e. The second kappa shape index (κ2) is 10.8. The van der Waals surface area contributed by atoms with E-state index in [1.807, 2.05) is 6.07 Å². The van der Waals surface area contributed by atoms with Crippen LogP contribution in [0.5, 0.6) is 11.5 Å². The molecule has 1 atom stereocenters. The molecule has 0 saturated heterocycles. The molecule has 2 N–H and O–H groups in total. The van der Waals surface area contributed by atoms with E-state index in [1.165, 1.54) is 19.2 Å². The second-order valence-electron chi connectivity index (χ2n) is 6.89. The van der Waals surface area contributed by atoms with Gasteiger partial charge in [-0.3, -0.25) is 4.79 Å². The Kier molecular flexibility index (Phi) is 7.92. The zero-order valence-corrected chi connectivity index (χ0v) is 18.9. The van der Waals surface area contributed by atoms with Crippen LogP contribution in [0.25, 0.3) is 0 Å². The van der Waals surface area contributed by atoms with Gasteiger partial charge in [0.05, 0.1) is 23.3 Å². The maximum atomic E-state index is 13.1. The lowest BCUT2D eigenvalue weighted by atomic mass is 10.1. The highest BCUT2D eigenvalue weighted by Gasteiger charge is 2.28. The van der Waals surface area contributed by atoms with Crippen LogP contribution in [0.2, 0.25) is 10.0 Å². The predicted molar refractivity (Wildman–Crippen MR) is 123 cm³/mol. The molecule has 0 aliphatic heterocycles. The third-order valence-electron chi connectivity index (χ3n) is 4.67. The topological polar surface area (TPSA) is 102 Å². The van der Waals surface area contributed by atoms with Crippen molar-refractivity contribution in [2.24, 2.45) is 0 Å². The lowest BCUT2D eigenvalue weighted by Crippen LogP contribution is -2.43. The normalized spacial score (nSPS) is 11.4. The number of hydrogen-bond donors (Lipinski definition) is 2. The molecule has 170 valence electrons. The molecule has 7 nitrogen and oxygen atoms in total. The van der Waals surface area contributed by atoms with Crippen LogP contribution in [0.3, 0.4) is 0 Å². The van der Waals surface area contributed by atoms with Crippen LogP contribution in [0.1, 0.15) is 26.3 Å². The summed E-state index contributed by atoms with van der Waals surface area (Å²) in [6.07, 6.45) is 0.151. The number of rotatable bonds is 7. The Morgan fingerprint density at radius 2 is 1.61 bits per heavy atom. The molecule has 0 radical (unpaired) electrons. The Labute approximate surface area is 199 Å². The zero-order chi connectivity index (χ0) is 24.0. The summed E-state index contributed by atoms with van der Waals surface area (Å²) in [4.78, 5) is 38.0. The summed E-state index contributed by atoms with van der Waals surface area (Å²) in [7, 11) is 1.20. The first-order valence-corrected chi connectivity index (χ1v) is 10.5. The molecule has 0 bridgehead atoms. The quantitative estimate of drug-likeness (QED) is 0.377. The number of benzene rings is 3. The van der Waals surface area contributed by atoms with Crippen molar-refractivity contribution >= 4 is 41.0 Å². The summed E-state index contributed by atoms with van der Waals surface area (Å²) in [6, 6.07) is 17.1. The molecule has 0 heterocycles. The van der Waals surface area contributed by atoms with E-state index in [2.05, 4.69) is 5.32 Å². The molecule has 0 aromatic heterocycles. The maximum Gasteiger partial charge on any atom is 0.343 e. The lowest BCUT2D eigenvalue weighted by molar-refractivity contribution is -0.142. The summed E-state index contributed by atoms with van der Waals surface area (Å²) >= 11 is 12.2. The van der Waals surface area contributed by atoms with Gasteiger partial charge in [-0.1, -0.05) is 71.7 Å². The first kappa shape index (κ1) is 24.1.